The van der Waals surface area contributed by atoms with Crippen LogP contribution in [0.1, 0.15) is 16.8 Å². The molecule has 7 nitrogen and oxygen atoms in total. The predicted octanol–water partition coefficient (Wildman–Crippen LogP) is 2.25. The number of rotatable bonds is 6. The number of nitrogens with zero attached hydrogens (tertiary/aromatic N) is 1. The fraction of sp³-hybridized carbons (Fsp3) is 0.300. The Bertz CT molecular complexity index is 830. The lowest BCUT2D eigenvalue weighted by Crippen LogP contribution is -2.37. The van der Waals surface area contributed by atoms with Gasteiger partial charge in [0.2, 0.25) is 5.91 Å². The Balaban J connectivity index is 1.71. The highest BCUT2D eigenvalue weighted by atomic mass is 16.5. The number of nitrogens with one attached hydrogen (secondary N) is 1. The van der Waals surface area contributed by atoms with E-state index < -0.39 is 0 Å². The van der Waals surface area contributed by atoms with E-state index >= 15 is 0 Å². The van der Waals surface area contributed by atoms with E-state index in [2.05, 4.69) is 5.32 Å². The summed E-state index contributed by atoms with van der Waals surface area (Å²) < 4.78 is 15.6. The van der Waals surface area contributed by atoms with Gasteiger partial charge in [0.05, 0.1) is 27.4 Å². The number of carbonyl (C=O) groups is 2. The third-order valence-electron chi connectivity index (χ3n) is 4.44. The quantitative estimate of drug-likeness (QED) is 0.844. The zero-order valence-corrected chi connectivity index (χ0v) is 15.5. The van der Waals surface area contributed by atoms with Gasteiger partial charge in [-0.05, 0) is 24.3 Å². The van der Waals surface area contributed by atoms with Crippen LogP contribution in [0.25, 0.3) is 0 Å². The third kappa shape index (κ3) is 4.13. The standard InChI is InChI=1S/C20H22N2O5/c1-25-16-6-4-5-15(10-16)22-12-14(9-19(22)23)21-20(24)13-7-17(26-2)11-18(8-13)27-3/h4-8,10-11,14H,9,12H2,1-3H3,(H,21,24)/t14-/m1/s1. The maximum atomic E-state index is 12.6. The van der Waals surface area contributed by atoms with Gasteiger partial charge in [-0.1, -0.05) is 6.07 Å². The van der Waals surface area contributed by atoms with E-state index in [0.29, 0.717) is 29.4 Å². The molecule has 1 saturated heterocycles. The monoisotopic (exact) mass is 370 g/mol. The van der Waals surface area contributed by atoms with Gasteiger partial charge in [-0.15, -0.1) is 0 Å². The third-order valence-corrected chi connectivity index (χ3v) is 4.44. The second-order valence-corrected chi connectivity index (χ2v) is 6.18. The predicted molar refractivity (Wildman–Crippen MR) is 101 cm³/mol. The van der Waals surface area contributed by atoms with Crippen LogP contribution in [0.15, 0.2) is 42.5 Å². The smallest absolute Gasteiger partial charge is 0.251 e. The van der Waals surface area contributed by atoms with Crippen LogP contribution >= 0.6 is 0 Å². The number of amides is 2. The number of hydrogen-bond acceptors (Lipinski definition) is 5. The molecule has 2 aromatic carbocycles. The summed E-state index contributed by atoms with van der Waals surface area (Å²) >= 11 is 0. The highest BCUT2D eigenvalue weighted by molar-refractivity contribution is 5.99. The largest absolute Gasteiger partial charge is 0.497 e. The minimum atomic E-state index is -0.284. The summed E-state index contributed by atoms with van der Waals surface area (Å²) in [4.78, 5) is 26.7. The van der Waals surface area contributed by atoms with Crippen LogP contribution in [0, 0.1) is 0 Å². The number of carbonyl (C=O) groups excluding carboxylic acids is 2. The van der Waals surface area contributed by atoms with Gasteiger partial charge in [-0.2, -0.15) is 0 Å². The Morgan fingerprint density at radius 2 is 1.67 bits per heavy atom. The molecule has 0 bridgehead atoms. The molecule has 1 heterocycles. The number of methoxy groups -OCH3 is 3. The molecule has 142 valence electrons. The van der Waals surface area contributed by atoms with Gasteiger partial charge < -0.3 is 24.4 Å². The Kier molecular flexibility index (Phi) is 5.49. The van der Waals surface area contributed by atoms with Crippen molar-refractivity contribution in [1.29, 1.82) is 0 Å². The number of hydrogen-bond donors (Lipinski definition) is 1. The SMILES string of the molecule is COc1cc(OC)cc(C(=O)N[C@@H]2CC(=O)N(c3cccc(OC)c3)C2)c1. The molecule has 0 radical (unpaired) electrons. The van der Waals surface area contributed by atoms with Gasteiger partial charge in [-0.3, -0.25) is 9.59 Å². The average Bonchev–Trinajstić information content (AvgIpc) is 3.07. The second kappa shape index (κ2) is 7.99. The lowest BCUT2D eigenvalue weighted by atomic mass is 10.1. The van der Waals surface area contributed by atoms with Gasteiger partial charge in [0.15, 0.2) is 0 Å². The minimum Gasteiger partial charge on any atom is -0.497 e. The van der Waals surface area contributed by atoms with Gasteiger partial charge in [0, 0.05) is 36.3 Å². The first-order valence-corrected chi connectivity index (χ1v) is 8.52. The molecule has 1 aliphatic rings. The highest BCUT2D eigenvalue weighted by Gasteiger charge is 2.32. The van der Waals surface area contributed by atoms with Crippen LogP contribution in [0.4, 0.5) is 5.69 Å². The van der Waals surface area contributed by atoms with Crippen LogP contribution < -0.4 is 24.4 Å². The van der Waals surface area contributed by atoms with Gasteiger partial charge >= 0.3 is 0 Å². The Hall–Kier alpha value is -3.22. The Labute approximate surface area is 157 Å². The van der Waals surface area contributed by atoms with Crippen molar-refractivity contribution < 1.29 is 23.8 Å². The summed E-state index contributed by atoms with van der Waals surface area (Å²) in [6, 6.07) is 12.0. The van der Waals surface area contributed by atoms with Crippen molar-refractivity contribution in [3.63, 3.8) is 0 Å². The summed E-state index contributed by atoms with van der Waals surface area (Å²) in [5.41, 5.74) is 1.16. The van der Waals surface area contributed by atoms with Crippen molar-refractivity contribution in [3.05, 3.63) is 48.0 Å². The van der Waals surface area contributed by atoms with Gasteiger partial charge in [0.25, 0.3) is 5.91 Å². The molecule has 7 heteroatoms. The molecule has 27 heavy (non-hydrogen) atoms. The van der Waals surface area contributed by atoms with Crippen molar-refractivity contribution in [3.8, 4) is 17.2 Å². The summed E-state index contributed by atoms with van der Waals surface area (Å²) in [5.74, 6) is 1.41. The number of ether oxygens (including phenoxy) is 3. The molecule has 0 spiro atoms. The van der Waals surface area contributed by atoms with E-state index in [1.807, 2.05) is 18.2 Å². The number of anilines is 1. The van der Waals surface area contributed by atoms with Gasteiger partial charge in [0.1, 0.15) is 17.2 Å². The van der Waals surface area contributed by atoms with E-state index in [1.165, 1.54) is 14.2 Å². The van der Waals surface area contributed by atoms with E-state index in [9.17, 15) is 9.59 Å². The molecular weight excluding hydrogens is 348 g/mol. The van der Waals surface area contributed by atoms with Crippen LogP contribution in [0.2, 0.25) is 0 Å². The fourth-order valence-electron chi connectivity index (χ4n) is 3.04. The van der Waals surface area contributed by atoms with E-state index in [1.54, 1.807) is 36.3 Å². The van der Waals surface area contributed by atoms with Crippen LogP contribution in [-0.4, -0.2) is 45.7 Å². The first kappa shape index (κ1) is 18.6. The van der Waals surface area contributed by atoms with Gasteiger partial charge in [-0.25, -0.2) is 0 Å². The normalized spacial score (nSPS) is 16.2. The number of benzene rings is 2. The van der Waals surface area contributed by atoms with Crippen LogP contribution in [0.5, 0.6) is 17.2 Å². The maximum absolute atomic E-state index is 12.6. The van der Waals surface area contributed by atoms with E-state index in [-0.39, 0.29) is 24.3 Å². The van der Waals surface area contributed by atoms with Crippen molar-refractivity contribution >= 4 is 17.5 Å². The van der Waals surface area contributed by atoms with E-state index in [0.717, 1.165) is 5.69 Å². The van der Waals surface area contributed by atoms with Crippen molar-refractivity contribution in [2.75, 3.05) is 32.8 Å². The molecule has 1 N–H and O–H groups in total. The lowest BCUT2D eigenvalue weighted by Gasteiger charge is -2.18. The molecule has 3 rings (SSSR count). The molecule has 1 fully saturated rings. The average molecular weight is 370 g/mol. The summed E-state index contributed by atoms with van der Waals surface area (Å²) in [6.45, 7) is 0.402. The lowest BCUT2D eigenvalue weighted by molar-refractivity contribution is -0.117. The zero-order chi connectivity index (χ0) is 19.4. The molecule has 2 amide bonds. The zero-order valence-electron chi connectivity index (χ0n) is 15.5. The maximum Gasteiger partial charge on any atom is 0.251 e. The summed E-state index contributed by atoms with van der Waals surface area (Å²) in [7, 11) is 4.63. The second-order valence-electron chi connectivity index (χ2n) is 6.18. The first-order valence-electron chi connectivity index (χ1n) is 8.52. The Morgan fingerprint density at radius 3 is 2.30 bits per heavy atom. The van der Waals surface area contributed by atoms with Crippen LogP contribution in [0.3, 0.4) is 0 Å². The van der Waals surface area contributed by atoms with Crippen molar-refractivity contribution in [2.45, 2.75) is 12.5 Å². The molecule has 2 aromatic rings. The molecule has 0 aliphatic carbocycles. The molecule has 0 aromatic heterocycles. The first-order chi connectivity index (χ1) is 13.0. The van der Waals surface area contributed by atoms with Crippen LogP contribution in [-0.2, 0) is 4.79 Å². The molecule has 1 atom stereocenters. The Morgan fingerprint density at radius 1 is 1.00 bits per heavy atom. The van der Waals surface area contributed by atoms with E-state index in [4.69, 9.17) is 14.2 Å². The molecule has 0 saturated carbocycles. The fourth-order valence-corrected chi connectivity index (χ4v) is 3.04. The van der Waals surface area contributed by atoms with Crippen molar-refractivity contribution in [1.82, 2.24) is 5.32 Å². The summed E-state index contributed by atoms with van der Waals surface area (Å²) in [5, 5.41) is 2.91. The molecule has 0 unspecified atom stereocenters. The van der Waals surface area contributed by atoms with Crippen molar-refractivity contribution in [2.24, 2.45) is 0 Å². The molecule has 1 aliphatic heterocycles. The summed E-state index contributed by atoms with van der Waals surface area (Å²) in [6.07, 6.45) is 0.240. The molecular formula is C20H22N2O5. The minimum absolute atomic E-state index is 0.0447. The highest BCUT2D eigenvalue weighted by Crippen LogP contribution is 2.26. The topological polar surface area (TPSA) is 77.1 Å².